The number of esters is 1. The van der Waals surface area contributed by atoms with Gasteiger partial charge in [-0.25, -0.2) is 4.79 Å². The summed E-state index contributed by atoms with van der Waals surface area (Å²) in [6.07, 6.45) is 1.36. The van der Waals surface area contributed by atoms with E-state index in [1.54, 1.807) is 6.92 Å². The van der Waals surface area contributed by atoms with Gasteiger partial charge in [0.05, 0.1) is 12.8 Å². The number of furan rings is 1. The molecule has 0 spiro atoms. The molecule has 0 bridgehead atoms. The fourth-order valence-electron chi connectivity index (χ4n) is 2.49. The molecule has 0 saturated heterocycles. The second-order valence-electron chi connectivity index (χ2n) is 5.41. The van der Waals surface area contributed by atoms with Crippen molar-refractivity contribution in [1.29, 1.82) is 0 Å². The lowest BCUT2D eigenvalue weighted by Crippen LogP contribution is -2.26. The summed E-state index contributed by atoms with van der Waals surface area (Å²) >= 11 is 0. The Morgan fingerprint density at radius 2 is 2.11 bits per heavy atom. The molecule has 1 aromatic rings. The lowest BCUT2D eigenvalue weighted by Gasteiger charge is -2.28. The normalized spacial score (nSPS) is 19.7. The first kappa shape index (κ1) is 12.7. The van der Waals surface area contributed by atoms with Crippen LogP contribution in [0.1, 0.15) is 47.7 Å². The van der Waals surface area contributed by atoms with E-state index in [2.05, 4.69) is 23.7 Å². The van der Waals surface area contributed by atoms with Crippen molar-refractivity contribution in [3.8, 4) is 0 Å². The van der Waals surface area contributed by atoms with Crippen molar-refractivity contribution in [2.45, 2.75) is 33.6 Å². The molecular weight excluding hydrogens is 234 g/mol. The van der Waals surface area contributed by atoms with Crippen molar-refractivity contribution < 1.29 is 19.2 Å². The molecule has 0 unspecified atom stereocenters. The van der Waals surface area contributed by atoms with E-state index in [-0.39, 0.29) is 11.2 Å². The highest BCUT2D eigenvalue weighted by molar-refractivity contribution is 6.05. The molecule has 0 amide bonds. The molecule has 1 aliphatic carbocycles. The summed E-state index contributed by atoms with van der Waals surface area (Å²) in [5.74, 6) is 0.385. The van der Waals surface area contributed by atoms with Gasteiger partial charge in [-0.05, 0) is 18.8 Å². The number of carbonyl (C=O) groups excluding carboxylic acids is 1. The van der Waals surface area contributed by atoms with Crippen LogP contribution in [0.15, 0.2) is 9.57 Å². The Balaban J connectivity index is 2.58. The average molecular weight is 251 g/mol. The van der Waals surface area contributed by atoms with Gasteiger partial charge in [0.15, 0.2) is 0 Å². The first-order valence-corrected chi connectivity index (χ1v) is 5.81. The van der Waals surface area contributed by atoms with Crippen LogP contribution in [0.3, 0.4) is 0 Å². The van der Waals surface area contributed by atoms with Crippen LogP contribution in [-0.4, -0.2) is 24.0 Å². The smallest absolute Gasteiger partial charge is 0.374 e. The Kier molecular flexibility index (Phi) is 2.92. The zero-order valence-electron chi connectivity index (χ0n) is 11.0. The maximum atomic E-state index is 11.6. The van der Waals surface area contributed by atoms with E-state index in [0.717, 1.165) is 5.56 Å². The first-order valence-electron chi connectivity index (χ1n) is 5.81. The molecule has 0 fully saturated rings. The second kappa shape index (κ2) is 4.15. The van der Waals surface area contributed by atoms with Gasteiger partial charge < -0.3 is 14.4 Å². The summed E-state index contributed by atoms with van der Waals surface area (Å²) in [7, 11) is 1.31. The Morgan fingerprint density at radius 3 is 2.67 bits per heavy atom. The molecule has 5 nitrogen and oxygen atoms in total. The number of methoxy groups -OCH3 is 1. The number of fused-ring (bicyclic) bond motifs is 1. The third-order valence-corrected chi connectivity index (χ3v) is 3.28. The summed E-state index contributed by atoms with van der Waals surface area (Å²) in [4.78, 5) is 11.6. The minimum Gasteiger partial charge on any atom is -0.463 e. The quantitative estimate of drug-likeness (QED) is 0.473. The fraction of sp³-hybridized carbons (Fsp3) is 0.538. The van der Waals surface area contributed by atoms with Gasteiger partial charge in [0, 0.05) is 17.5 Å². The van der Waals surface area contributed by atoms with E-state index in [4.69, 9.17) is 9.62 Å². The predicted molar refractivity (Wildman–Crippen MR) is 65.2 cm³/mol. The summed E-state index contributed by atoms with van der Waals surface area (Å²) in [5.41, 5.74) is 1.95. The van der Waals surface area contributed by atoms with Crippen molar-refractivity contribution in [3.63, 3.8) is 0 Å². The monoisotopic (exact) mass is 251 g/mol. The van der Waals surface area contributed by atoms with Gasteiger partial charge in [-0.15, -0.1) is 0 Å². The lowest BCUT2D eigenvalue weighted by molar-refractivity contribution is 0.0560. The molecule has 0 aliphatic heterocycles. The largest absolute Gasteiger partial charge is 0.463 e. The zero-order valence-corrected chi connectivity index (χ0v) is 11.0. The van der Waals surface area contributed by atoms with Crippen LogP contribution in [0.5, 0.6) is 0 Å². The van der Waals surface area contributed by atoms with E-state index >= 15 is 0 Å². The molecule has 1 N–H and O–H groups in total. The number of oxime groups is 1. The van der Waals surface area contributed by atoms with Crippen LogP contribution in [0.4, 0.5) is 0 Å². The molecule has 0 aromatic carbocycles. The standard InChI is InChI=1S/C13H17NO4/c1-7-10-8(14-16)5-13(2,3)6-9(10)18-11(7)12(15)17-4/h16H,5-6H2,1-4H3/b14-8-. The third-order valence-electron chi connectivity index (χ3n) is 3.28. The van der Waals surface area contributed by atoms with Crippen molar-refractivity contribution >= 4 is 11.7 Å². The van der Waals surface area contributed by atoms with Crippen LogP contribution < -0.4 is 0 Å². The zero-order chi connectivity index (χ0) is 13.5. The molecule has 2 rings (SSSR count). The van der Waals surface area contributed by atoms with E-state index < -0.39 is 5.97 Å². The summed E-state index contributed by atoms with van der Waals surface area (Å²) < 4.78 is 10.3. The minimum atomic E-state index is -0.503. The Bertz CT molecular complexity index is 525. The van der Waals surface area contributed by atoms with Crippen molar-refractivity contribution in [3.05, 3.63) is 22.6 Å². The first-order chi connectivity index (χ1) is 8.39. The van der Waals surface area contributed by atoms with Gasteiger partial charge in [-0.3, -0.25) is 0 Å². The van der Waals surface area contributed by atoms with Crippen LogP contribution >= 0.6 is 0 Å². The van der Waals surface area contributed by atoms with Gasteiger partial charge >= 0.3 is 5.97 Å². The van der Waals surface area contributed by atoms with Gasteiger partial charge in [-0.1, -0.05) is 19.0 Å². The van der Waals surface area contributed by atoms with Gasteiger partial charge in [0.25, 0.3) is 0 Å². The molecule has 98 valence electrons. The number of ether oxygens (including phenoxy) is 1. The molecule has 0 atom stereocenters. The molecule has 0 saturated carbocycles. The van der Waals surface area contributed by atoms with Crippen LogP contribution in [0, 0.1) is 12.3 Å². The fourth-order valence-corrected chi connectivity index (χ4v) is 2.49. The van der Waals surface area contributed by atoms with Crippen molar-refractivity contribution in [1.82, 2.24) is 0 Å². The molecule has 1 aliphatic rings. The van der Waals surface area contributed by atoms with Crippen molar-refractivity contribution in [2.75, 3.05) is 7.11 Å². The van der Waals surface area contributed by atoms with Crippen LogP contribution in [0.2, 0.25) is 0 Å². The maximum absolute atomic E-state index is 11.6. The third kappa shape index (κ3) is 1.89. The molecule has 1 heterocycles. The lowest BCUT2D eigenvalue weighted by atomic mass is 9.75. The minimum absolute atomic E-state index is 0.0494. The average Bonchev–Trinajstić information content (AvgIpc) is 2.63. The number of rotatable bonds is 1. The Labute approximate surface area is 105 Å². The Morgan fingerprint density at radius 1 is 1.44 bits per heavy atom. The highest BCUT2D eigenvalue weighted by Crippen LogP contribution is 2.38. The molecule has 18 heavy (non-hydrogen) atoms. The number of hydrogen-bond acceptors (Lipinski definition) is 5. The summed E-state index contributed by atoms with van der Waals surface area (Å²) in [6.45, 7) is 5.91. The molecule has 0 radical (unpaired) electrons. The highest BCUT2D eigenvalue weighted by atomic mass is 16.5. The molecule has 5 heteroatoms. The van der Waals surface area contributed by atoms with E-state index in [0.29, 0.717) is 29.9 Å². The van der Waals surface area contributed by atoms with E-state index in [1.165, 1.54) is 7.11 Å². The topological polar surface area (TPSA) is 72.0 Å². The van der Waals surface area contributed by atoms with E-state index in [1.807, 2.05) is 0 Å². The summed E-state index contributed by atoms with van der Waals surface area (Å²) in [5, 5.41) is 12.5. The highest BCUT2D eigenvalue weighted by Gasteiger charge is 2.36. The maximum Gasteiger partial charge on any atom is 0.374 e. The van der Waals surface area contributed by atoms with Gasteiger partial charge in [0.2, 0.25) is 5.76 Å². The van der Waals surface area contributed by atoms with Gasteiger partial charge in [0.1, 0.15) is 5.76 Å². The summed E-state index contributed by atoms with van der Waals surface area (Å²) in [6, 6.07) is 0. The molecule has 1 aromatic heterocycles. The van der Waals surface area contributed by atoms with Gasteiger partial charge in [-0.2, -0.15) is 0 Å². The SMILES string of the molecule is COC(=O)c1oc2c(c1C)/C(=N\O)CC(C)(C)C2. The Hall–Kier alpha value is -1.78. The van der Waals surface area contributed by atoms with E-state index in [9.17, 15) is 4.79 Å². The molecular formula is C13H17NO4. The van der Waals surface area contributed by atoms with Crippen molar-refractivity contribution in [2.24, 2.45) is 10.6 Å². The number of nitrogens with zero attached hydrogens (tertiary/aromatic N) is 1. The van der Waals surface area contributed by atoms with Crippen LogP contribution in [-0.2, 0) is 11.2 Å². The van der Waals surface area contributed by atoms with Crippen LogP contribution in [0.25, 0.3) is 0 Å². The number of carbonyl (C=O) groups is 1. The second-order valence-corrected chi connectivity index (χ2v) is 5.41. The number of hydrogen-bond donors (Lipinski definition) is 1. The predicted octanol–water partition coefficient (Wildman–Crippen LogP) is 2.53.